The van der Waals surface area contributed by atoms with Crippen LogP contribution in [0.4, 0.5) is 0 Å². The van der Waals surface area contributed by atoms with Gasteiger partial charge in [-0.05, 0) is 25.1 Å². The van der Waals surface area contributed by atoms with Crippen LogP contribution in [-0.2, 0) is 6.54 Å². The molecule has 0 aliphatic rings. The van der Waals surface area contributed by atoms with Crippen LogP contribution in [-0.4, -0.2) is 21.3 Å². The van der Waals surface area contributed by atoms with Crippen LogP contribution in [0, 0.1) is 6.92 Å². The first-order valence-corrected chi connectivity index (χ1v) is 4.96. The highest BCUT2D eigenvalue weighted by Gasteiger charge is 2.04. The van der Waals surface area contributed by atoms with Gasteiger partial charge in [0.15, 0.2) is 0 Å². The highest BCUT2D eigenvalue weighted by atomic mass is 15.3. The number of aromatic nitrogens is 3. The van der Waals surface area contributed by atoms with E-state index in [9.17, 15) is 0 Å². The molecule has 2 aromatic heterocycles. The van der Waals surface area contributed by atoms with Gasteiger partial charge in [-0.1, -0.05) is 0 Å². The quantitative estimate of drug-likeness (QED) is 0.814. The van der Waals surface area contributed by atoms with E-state index in [4.69, 9.17) is 5.73 Å². The largest absolute Gasteiger partial charge is 0.329 e. The van der Waals surface area contributed by atoms with Crippen molar-refractivity contribution in [3.05, 3.63) is 36.3 Å². The summed E-state index contributed by atoms with van der Waals surface area (Å²) in [4.78, 5) is 3.98. The van der Waals surface area contributed by atoms with E-state index in [0.29, 0.717) is 6.54 Å². The van der Waals surface area contributed by atoms with Crippen molar-refractivity contribution >= 4 is 0 Å². The fraction of sp³-hybridized carbons (Fsp3) is 0.273. The van der Waals surface area contributed by atoms with E-state index in [1.807, 2.05) is 23.7 Å². The summed E-state index contributed by atoms with van der Waals surface area (Å²) in [6, 6.07) is 5.97. The Morgan fingerprint density at radius 2 is 2.07 bits per heavy atom. The van der Waals surface area contributed by atoms with Crippen molar-refractivity contribution in [3.8, 4) is 11.3 Å². The Labute approximate surface area is 88.8 Å². The minimum Gasteiger partial charge on any atom is -0.329 e. The van der Waals surface area contributed by atoms with Gasteiger partial charge in [-0.15, -0.1) is 0 Å². The predicted octanol–water partition coefficient (Wildman–Crippen LogP) is 1.21. The minimum atomic E-state index is 0.609. The van der Waals surface area contributed by atoms with E-state index in [1.165, 1.54) is 0 Å². The Bertz CT molecular complexity index is 433. The van der Waals surface area contributed by atoms with Gasteiger partial charge in [-0.25, -0.2) is 0 Å². The summed E-state index contributed by atoms with van der Waals surface area (Å²) in [7, 11) is 0. The molecule has 15 heavy (non-hydrogen) atoms. The van der Waals surface area contributed by atoms with E-state index in [0.717, 1.165) is 23.5 Å². The summed E-state index contributed by atoms with van der Waals surface area (Å²) in [6.07, 6.45) is 3.54. The molecule has 4 heteroatoms. The third-order valence-corrected chi connectivity index (χ3v) is 2.30. The molecule has 2 aromatic rings. The second-order valence-corrected chi connectivity index (χ2v) is 3.42. The molecule has 4 nitrogen and oxygen atoms in total. The van der Waals surface area contributed by atoms with Crippen molar-refractivity contribution in [2.75, 3.05) is 6.54 Å². The molecule has 0 saturated heterocycles. The maximum atomic E-state index is 5.51. The molecule has 2 rings (SSSR count). The lowest BCUT2D eigenvalue weighted by Gasteiger charge is -1.99. The SMILES string of the molecule is Cc1cc(-c2ccncc2)nn1CCN. The zero-order valence-electron chi connectivity index (χ0n) is 8.72. The molecule has 0 amide bonds. The van der Waals surface area contributed by atoms with Crippen LogP contribution in [0.3, 0.4) is 0 Å². The molecular formula is C11H14N4. The van der Waals surface area contributed by atoms with Crippen LogP contribution in [0.5, 0.6) is 0 Å². The maximum Gasteiger partial charge on any atom is 0.0927 e. The Kier molecular flexibility index (Phi) is 2.78. The van der Waals surface area contributed by atoms with Crippen molar-refractivity contribution in [3.63, 3.8) is 0 Å². The van der Waals surface area contributed by atoms with Crippen molar-refractivity contribution < 1.29 is 0 Å². The van der Waals surface area contributed by atoms with Gasteiger partial charge in [0.2, 0.25) is 0 Å². The summed E-state index contributed by atoms with van der Waals surface area (Å²) in [5.41, 5.74) is 8.70. The molecule has 0 spiro atoms. The molecule has 0 fully saturated rings. The van der Waals surface area contributed by atoms with Gasteiger partial charge in [0.25, 0.3) is 0 Å². The summed E-state index contributed by atoms with van der Waals surface area (Å²) >= 11 is 0. The molecule has 0 aliphatic carbocycles. The lowest BCUT2D eigenvalue weighted by Crippen LogP contribution is -2.12. The fourth-order valence-electron chi connectivity index (χ4n) is 1.52. The second-order valence-electron chi connectivity index (χ2n) is 3.42. The Hall–Kier alpha value is -1.68. The van der Waals surface area contributed by atoms with E-state index in [-0.39, 0.29) is 0 Å². The Morgan fingerprint density at radius 3 is 2.73 bits per heavy atom. The maximum absolute atomic E-state index is 5.51. The zero-order chi connectivity index (χ0) is 10.7. The van der Waals surface area contributed by atoms with E-state index >= 15 is 0 Å². The second kappa shape index (κ2) is 4.23. The number of nitrogens with zero attached hydrogens (tertiary/aromatic N) is 3. The molecule has 0 saturated carbocycles. The number of hydrogen-bond acceptors (Lipinski definition) is 3. The monoisotopic (exact) mass is 202 g/mol. The van der Waals surface area contributed by atoms with Gasteiger partial charge in [0.05, 0.1) is 12.2 Å². The molecule has 0 aliphatic heterocycles. The minimum absolute atomic E-state index is 0.609. The molecule has 0 bridgehead atoms. The number of pyridine rings is 1. The number of rotatable bonds is 3. The number of hydrogen-bond donors (Lipinski definition) is 1. The summed E-state index contributed by atoms with van der Waals surface area (Å²) in [5.74, 6) is 0. The van der Waals surface area contributed by atoms with Crippen LogP contribution in [0.25, 0.3) is 11.3 Å². The summed E-state index contributed by atoms with van der Waals surface area (Å²) in [6.45, 7) is 3.41. The lowest BCUT2D eigenvalue weighted by atomic mass is 10.2. The average Bonchev–Trinajstić information content (AvgIpc) is 2.63. The van der Waals surface area contributed by atoms with E-state index in [2.05, 4.69) is 16.1 Å². The Morgan fingerprint density at radius 1 is 1.33 bits per heavy atom. The first-order valence-electron chi connectivity index (χ1n) is 4.96. The van der Waals surface area contributed by atoms with Crippen LogP contribution >= 0.6 is 0 Å². The molecule has 78 valence electrons. The van der Waals surface area contributed by atoms with E-state index in [1.54, 1.807) is 12.4 Å². The van der Waals surface area contributed by atoms with Crippen LogP contribution in [0.2, 0.25) is 0 Å². The van der Waals surface area contributed by atoms with Crippen LogP contribution in [0.15, 0.2) is 30.6 Å². The first kappa shape index (κ1) is 9.86. The van der Waals surface area contributed by atoms with Gasteiger partial charge in [-0.2, -0.15) is 5.10 Å². The smallest absolute Gasteiger partial charge is 0.0927 e. The third-order valence-electron chi connectivity index (χ3n) is 2.30. The topological polar surface area (TPSA) is 56.7 Å². The van der Waals surface area contributed by atoms with Gasteiger partial charge in [-0.3, -0.25) is 9.67 Å². The highest BCUT2D eigenvalue weighted by molar-refractivity contribution is 5.58. The molecule has 0 unspecified atom stereocenters. The van der Waals surface area contributed by atoms with Crippen molar-refractivity contribution in [1.29, 1.82) is 0 Å². The standard InChI is InChI=1S/C11H14N4/c1-9-8-11(14-15(9)7-4-12)10-2-5-13-6-3-10/h2-3,5-6,8H,4,7,12H2,1H3. The highest BCUT2D eigenvalue weighted by Crippen LogP contribution is 2.17. The van der Waals surface area contributed by atoms with E-state index < -0.39 is 0 Å². The van der Waals surface area contributed by atoms with Crippen LogP contribution in [0.1, 0.15) is 5.69 Å². The van der Waals surface area contributed by atoms with Crippen molar-refractivity contribution in [1.82, 2.24) is 14.8 Å². The molecule has 2 heterocycles. The number of nitrogens with two attached hydrogens (primary N) is 1. The van der Waals surface area contributed by atoms with Crippen molar-refractivity contribution in [2.24, 2.45) is 5.73 Å². The van der Waals surface area contributed by atoms with Crippen molar-refractivity contribution in [2.45, 2.75) is 13.5 Å². The molecule has 0 aromatic carbocycles. The van der Waals surface area contributed by atoms with Gasteiger partial charge < -0.3 is 5.73 Å². The Balaban J connectivity index is 2.34. The lowest BCUT2D eigenvalue weighted by molar-refractivity contribution is 0.610. The van der Waals surface area contributed by atoms with Gasteiger partial charge >= 0.3 is 0 Å². The molecule has 0 atom stereocenters. The van der Waals surface area contributed by atoms with Gasteiger partial charge in [0.1, 0.15) is 0 Å². The summed E-state index contributed by atoms with van der Waals surface area (Å²) in [5, 5.41) is 4.48. The predicted molar refractivity (Wildman–Crippen MR) is 59.2 cm³/mol. The molecular weight excluding hydrogens is 188 g/mol. The molecule has 0 radical (unpaired) electrons. The zero-order valence-corrected chi connectivity index (χ0v) is 8.72. The molecule has 2 N–H and O–H groups in total. The summed E-state index contributed by atoms with van der Waals surface area (Å²) < 4.78 is 1.93. The van der Waals surface area contributed by atoms with Gasteiger partial charge in [0, 0.05) is 30.2 Å². The first-order chi connectivity index (χ1) is 7.31. The average molecular weight is 202 g/mol. The number of aryl methyl sites for hydroxylation is 1. The normalized spacial score (nSPS) is 10.5. The van der Waals surface area contributed by atoms with Crippen LogP contribution < -0.4 is 5.73 Å². The third kappa shape index (κ3) is 2.05. The fourth-order valence-corrected chi connectivity index (χ4v) is 1.52.